The Hall–Kier alpha value is -2.17. The Morgan fingerprint density at radius 3 is 2.31 bits per heavy atom. The highest BCUT2D eigenvalue weighted by molar-refractivity contribution is 5.85. The number of benzene rings is 1. The Bertz CT molecular complexity index is 551. The maximum absolute atomic E-state index is 11.1. The summed E-state index contributed by atoms with van der Waals surface area (Å²) >= 11 is 0. The number of carboxylic acids is 1. The zero-order valence-corrected chi connectivity index (χ0v) is 14.8. The number of carbonyl (C=O) groups excluding carboxylic acids is 2. The van der Waals surface area contributed by atoms with Gasteiger partial charge in [0.15, 0.2) is 0 Å². The molecule has 0 radical (unpaired) electrons. The van der Waals surface area contributed by atoms with E-state index in [-0.39, 0.29) is 20.4 Å². The van der Waals surface area contributed by atoms with E-state index in [1.807, 2.05) is 23.2 Å². The van der Waals surface area contributed by atoms with E-state index in [0.717, 1.165) is 44.3 Å². The minimum absolute atomic E-state index is 0. The molecule has 148 valence electrons. The Balaban J connectivity index is 0. The van der Waals surface area contributed by atoms with E-state index in [0.29, 0.717) is 11.8 Å². The molecule has 0 unspecified atom stereocenters. The van der Waals surface area contributed by atoms with Gasteiger partial charge in [-0.25, -0.2) is 0 Å². The van der Waals surface area contributed by atoms with Crippen LogP contribution in [0.25, 0.3) is 0 Å². The molecule has 26 heavy (non-hydrogen) atoms. The first-order valence-electron chi connectivity index (χ1n) is 8.45. The first-order valence-corrected chi connectivity index (χ1v) is 8.45. The summed E-state index contributed by atoms with van der Waals surface area (Å²) in [5.41, 5.74) is 1.37. The number of carboxylic acid groups (broad SMARTS) is 1. The van der Waals surface area contributed by atoms with E-state index < -0.39 is 5.97 Å². The lowest BCUT2D eigenvalue weighted by Crippen LogP contribution is -2.25. The van der Waals surface area contributed by atoms with Gasteiger partial charge in [-0.2, -0.15) is 0 Å². The van der Waals surface area contributed by atoms with E-state index in [2.05, 4.69) is 18.8 Å². The Morgan fingerprint density at radius 2 is 1.88 bits per heavy atom. The van der Waals surface area contributed by atoms with Crippen molar-refractivity contribution in [2.75, 3.05) is 20.1 Å². The number of aromatic carboxylic acids is 1. The van der Waals surface area contributed by atoms with Crippen molar-refractivity contribution in [2.24, 2.45) is 4.99 Å². The fourth-order valence-electron chi connectivity index (χ4n) is 2.45. The van der Waals surface area contributed by atoms with Gasteiger partial charge < -0.3 is 19.8 Å². The summed E-state index contributed by atoms with van der Waals surface area (Å²) in [5.74, 6) is -0.366. The standard InChI is InChI=1S/C10H12O2.C9H16N2O.2CH4/c1-7(2)8-3-5-9(6-4-8)10(11)12;1-10-6-2-3-7-11-8-4-5-9(11)12;;/h3-7H,1-2H3,(H,11,12);6H,2-5,7-8H2,1H3;2*1H4/p-1. The van der Waals surface area contributed by atoms with E-state index in [4.69, 9.17) is 0 Å². The molecule has 1 aliphatic rings. The highest BCUT2D eigenvalue weighted by Crippen LogP contribution is 2.14. The zero-order valence-electron chi connectivity index (χ0n) is 14.8. The topological polar surface area (TPSA) is 72.8 Å². The molecule has 1 aromatic rings. The molecule has 1 aromatic carbocycles. The van der Waals surface area contributed by atoms with Crippen molar-refractivity contribution in [1.29, 1.82) is 0 Å². The molecule has 1 aliphatic heterocycles. The Morgan fingerprint density at radius 1 is 1.27 bits per heavy atom. The lowest BCUT2D eigenvalue weighted by atomic mass is 10.0. The second-order valence-electron chi connectivity index (χ2n) is 6.13. The van der Waals surface area contributed by atoms with Gasteiger partial charge in [-0.3, -0.25) is 4.79 Å². The number of hydrogen-bond donors (Lipinski definition) is 0. The lowest BCUT2D eigenvalue weighted by Gasteiger charge is -2.13. The largest absolute Gasteiger partial charge is 0.545 e. The lowest BCUT2D eigenvalue weighted by molar-refractivity contribution is -0.255. The van der Waals surface area contributed by atoms with Crippen molar-refractivity contribution in [3.63, 3.8) is 0 Å². The molecule has 1 heterocycles. The van der Waals surface area contributed by atoms with E-state index >= 15 is 0 Å². The van der Waals surface area contributed by atoms with Gasteiger partial charge in [0.25, 0.3) is 0 Å². The minimum atomic E-state index is -1.12. The monoisotopic (exact) mass is 363 g/mol. The van der Waals surface area contributed by atoms with Gasteiger partial charge in [0.2, 0.25) is 5.91 Å². The summed E-state index contributed by atoms with van der Waals surface area (Å²) in [6, 6.07) is 6.78. The molecule has 1 saturated heterocycles. The van der Waals surface area contributed by atoms with E-state index in [9.17, 15) is 14.7 Å². The predicted molar refractivity (Wildman–Crippen MR) is 108 cm³/mol. The molecule has 0 aromatic heterocycles. The van der Waals surface area contributed by atoms with Crippen LogP contribution in [0.4, 0.5) is 0 Å². The second kappa shape index (κ2) is 14.0. The molecular formula is C21H35N2O3-. The van der Waals surface area contributed by atoms with Gasteiger partial charge in [0, 0.05) is 26.6 Å². The number of nitrogens with zero attached hydrogens (tertiary/aromatic N) is 2. The molecule has 0 N–H and O–H groups in total. The molecule has 5 nitrogen and oxygen atoms in total. The third-order valence-corrected chi connectivity index (χ3v) is 3.93. The fraction of sp³-hybridized carbons (Fsp3) is 0.571. The van der Waals surface area contributed by atoms with Crippen LogP contribution in [0.2, 0.25) is 0 Å². The van der Waals surface area contributed by atoms with Gasteiger partial charge in [-0.05, 0) is 42.5 Å². The van der Waals surface area contributed by atoms with Gasteiger partial charge in [0.05, 0.1) is 5.97 Å². The summed E-state index contributed by atoms with van der Waals surface area (Å²) in [6.45, 7) is 6.00. The summed E-state index contributed by atoms with van der Waals surface area (Å²) < 4.78 is 0. The maximum atomic E-state index is 11.1. The molecule has 1 amide bonds. The summed E-state index contributed by atoms with van der Waals surface area (Å²) in [5, 5.41) is 10.4. The van der Waals surface area contributed by atoms with Gasteiger partial charge in [0.1, 0.15) is 0 Å². The maximum Gasteiger partial charge on any atom is 0.222 e. The van der Waals surface area contributed by atoms with Crippen molar-refractivity contribution < 1.29 is 14.7 Å². The van der Waals surface area contributed by atoms with Crippen LogP contribution in [0.15, 0.2) is 29.3 Å². The number of unbranched alkanes of at least 4 members (excludes halogenated alkanes) is 1. The van der Waals surface area contributed by atoms with Crippen molar-refractivity contribution in [3.8, 4) is 0 Å². The normalized spacial score (nSPS) is 13.1. The number of rotatable bonds is 6. The molecule has 0 bridgehead atoms. The Labute approximate surface area is 159 Å². The number of hydrogen-bond acceptors (Lipinski definition) is 4. The molecule has 0 spiro atoms. The van der Waals surface area contributed by atoms with Crippen LogP contribution in [-0.2, 0) is 4.79 Å². The van der Waals surface area contributed by atoms with Gasteiger partial charge in [-0.15, -0.1) is 0 Å². The molecular weight excluding hydrogens is 328 g/mol. The van der Waals surface area contributed by atoms with Crippen LogP contribution in [0.5, 0.6) is 0 Å². The summed E-state index contributed by atoms with van der Waals surface area (Å²) in [4.78, 5) is 27.3. The highest BCUT2D eigenvalue weighted by atomic mass is 16.4. The summed E-state index contributed by atoms with van der Waals surface area (Å²) in [7, 11) is 1.78. The molecule has 0 atom stereocenters. The number of amides is 1. The number of aliphatic imine (C=N–C) groups is 1. The van der Waals surface area contributed by atoms with Crippen molar-refractivity contribution in [1.82, 2.24) is 4.90 Å². The van der Waals surface area contributed by atoms with Crippen LogP contribution in [0.3, 0.4) is 0 Å². The average Bonchev–Trinajstić information content (AvgIpc) is 2.97. The quantitative estimate of drug-likeness (QED) is 0.573. The van der Waals surface area contributed by atoms with Crippen LogP contribution in [-0.4, -0.2) is 43.1 Å². The van der Waals surface area contributed by atoms with Gasteiger partial charge >= 0.3 is 0 Å². The average molecular weight is 364 g/mol. The molecule has 2 rings (SSSR count). The van der Waals surface area contributed by atoms with E-state index in [1.54, 1.807) is 19.2 Å². The molecule has 0 saturated carbocycles. The minimum Gasteiger partial charge on any atom is -0.545 e. The van der Waals surface area contributed by atoms with E-state index in [1.165, 1.54) is 0 Å². The second-order valence-corrected chi connectivity index (χ2v) is 6.13. The van der Waals surface area contributed by atoms with Crippen LogP contribution >= 0.6 is 0 Å². The van der Waals surface area contributed by atoms with Gasteiger partial charge in [-0.1, -0.05) is 53.0 Å². The Kier molecular flexibility index (Phi) is 14.1. The number of carbonyl (C=O) groups is 2. The van der Waals surface area contributed by atoms with Crippen molar-refractivity contribution >= 4 is 18.1 Å². The van der Waals surface area contributed by atoms with Crippen molar-refractivity contribution in [3.05, 3.63) is 35.4 Å². The summed E-state index contributed by atoms with van der Waals surface area (Å²) in [6.07, 6.45) is 5.73. The molecule has 1 fully saturated rings. The third kappa shape index (κ3) is 9.35. The fourth-order valence-corrected chi connectivity index (χ4v) is 2.45. The first kappa shape index (κ1) is 26.1. The van der Waals surface area contributed by atoms with Crippen molar-refractivity contribution in [2.45, 2.75) is 60.3 Å². The highest BCUT2D eigenvalue weighted by Gasteiger charge is 2.18. The van der Waals surface area contributed by atoms with Crippen LogP contribution in [0.1, 0.15) is 76.2 Å². The SMILES string of the molecule is C.C.CC(C)c1ccc(C(=O)[O-])cc1.CN=CCCCN1CCCC1=O. The van der Waals surface area contributed by atoms with Crippen LogP contribution in [0, 0.1) is 0 Å². The number of likely N-dealkylation sites (tertiary alicyclic amines) is 1. The van der Waals surface area contributed by atoms with Crippen LogP contribution < -0.4 is 5.11 Å². The first-order chi connectivity index (χ1) is 11.5. The third-order valence-electron chi connectivity index (χ3n) is 3.93. The smallest absolute Gasteiger partial charge is 0.222 e. The zero-order chi connectivity index (χ0) is 17.9. The molecule has 5 heteroatoms. The molecule has 0 aliphatic carbocycles. The predicted octanol–water partition coefficient (Wildman–Crippen LogP) is 3.54.